The Morgan fingerprint density at radius 2 is 1.90 bits per heavy atom. The number of para-hydroxylation sites is 1. The van der Waals surface area contributed by atoms with E-state index in [1.165, 1.54) is 11.1 Å². The molecule has 2 N–H and O–H groups in total. The molecule has 0 amide bonds. The van der Waals surface area contributed by atoms with Crippen LogP contribution in [0.15, 0.2) is 84.6 Å². The first-order chi connectivity index (χ1) is 14.3. The summed E-state index contributed by atoms with van der Waals surface area (Å²) in [6.07, 6.45) is 5.50. The van der Waals surface area contributed by atoms with E-state index < -0.39 is 0 Å². The van der Waals surface area contributed by atoms with Crippen LogP contribution in [0.1, 0.15) is 16.7 Å². The van der Waals surface area contributed by atoms with Gasteiger partial charge in [0, 0.05) is 38.1 Å². The van der Waals surface area contributed by atoms with Gasteiger partial charge in [-0.2, -0.15) is 5.10 Å². The van der Waals surface area contributed by atoms with Crippen molar-refractivity contribution in [3.05, 3.63) is 96.3 Å². The van der Waals surface area contributed by atoms with Crippen LogP contribution >= 0.6 is 24.0 Å². The molecule has 1 aromatic heterocycles. The Morgan fingerprint density at radius 1 is 1.10 bits per heavy atom. The number of halogens is 1. The molecule has 0 bridgehead atoms. The van der Waals surface area contributed by atoms with Gasteiger partial charge in [-0.25, -0.2) is 0 Å². The Balaban J connectivity index is 0.00000320. The average Bonchev–Trinajstić information content (AvgIpc) is 3.26. The Labute approximate surface area is 195 Å². The molecule has 0 saturated heterocycles. The van der Waals surface area contributed by atoms with Crippen molar-refractivity contribution < 1.29 is 4.74 Å². The zero-order chi connectivity index (χ0) is 20.3. The minimum absolute atomic E-state index is 0. The summed E-state index contributed by atoms with van der Waals surface area (Å²) in [5.41, 5.74) is 3.47. The lowest BCUT2D eigenvalue weighted by Gasteiger charge is -2.15. The number of aliphatic imine (C=N–C) groups is 1. The monoisotopic (exact) mass is 517 g/mol. The van der Waals surface area contributed by atoms with Crippen LogP contribution in [-0.4, -0.2) is 29.4 Å². The second-order valence-electron chi connectivity index (χ2n) is 6.51. The maximum atomic E-state index is 5.71. The lowest BCUT2D eigenvalue weighted by atomic mass is 10.1. The maximum absolute atomic E-state index is 5.71. The smallest absolute Gasteiger partial charge is 0.191 e. The lowest BCUT2D eigenvalue weighted by molar-refractivity contribution is 0.358. The number of aromatic nitrogens is 2. The van der Waals surface area contributed by atoms with E-state index in [1.807, 2.05) is 41.2 Å². The molecule has 0 atom stereocenters. The Kier molecular flexibility index (Phi) is 9.93. The van der Waals surface area contributed by atoms with Gasteiger partial charge in [0.15, 0.2) is 5.96 Å². The lowest BCUT2D eigenvalue weighted by Crippen LogP contribution is -2.36. The van der Waals surface area contributed by atoms with Crippen molar-refractivity contribution in [3.63, 3.8) is 0 Å². The number of hydrogen-bond donors (Lipinski definition) is 2. The van der Waals surface area contributed by atoms with E-state index >= 15 is 0 Å². The summed E-state index contributed by atoms with van der Waals surface area (Å²) in [6, 6.07) is 18.4. The van der Waals surface area contributed by atoms with Crippen LogP contribution in [0.2, 0.25) is 0 Å². The highest BCUT2D eigenvalue weighted by atomic mass is 127. The molecule has 0 saturated carbocycles. The van der Waals surface area contributed by atoms with E-state index in [2.05, 4.69) is 51.6 Å². The molecular weight excluding hydrogens is 489 g/mol. The van der Waals surface area contributed by atoms with Gasteiger partial charge in [0.25, 0.3) is 0 Å². The second kappa shape index (κ2) is 12.7. The highest BCUT2D eigenvalue weighted by Crippen LogP contribution is 2.17. The minimum atomic E-state index is 0. The van der Waals surface area contributed by atoms with Gasteiger partial charge in [-0.3, -0.25) is 9.67 Å². The predicted molar refractivity (Wildman–Crippen MR) is 132 cm³/mol. The molecule has 0 aliphatic carbocycles. The van der Waals surface area contributed by atoms with Gasteiger partial charge in [-0.1, -0.05) is 55.1 Å². The topological polar surface area (TPSA) is 63.5 Å². The fraction of sp³-hybridized carbons (Fsp3) is 0.217. The van der Waals surface area contributed by atoms with Gasteiger partial charge in [-0.15, -0.1) is 24.0 Å². The van der Waals surface area contributed by atoms with Crippen molar-refractivity contribution in [3.8, 4) is 5.75 Å². The van der Waals surface area contributed by atoms with Crippen LogP contribution < -0.4 is 15.4 Å². The molecule has 2 aromatic carbocycles. The minimum Gasteiger partial charge on any atom is -0.489 e. The number of guanidine groups is 1. The summed E-state index contributed by atoms with van der Waals surface area (Å²) in [7, 11) is 1.77. The normalized spacial score (nSPS) is 10.8. The zero-order valence-electron chi connectivity index (χ0n) is 17.1. The Bertz CT molecular complexity index is 940. The predicted octanol–water partition coefficient (Wildman–Crippen LogP) is 3.98. The van der Waals surface area contributed by atoms with Gasteiger partial charge in [-0.05, 0) is 23.3 Å². The largest absolute Gasteiger partial charge is 0.489 e. The highest BCUT2D eigenvalue weighted by molar-refractivity contribution is 14.0. The molecule has 6 nitrogen and oxygen atoms in total. The van der Waals surface area contributed by atoms with Gasteiger partial charge in [0.2, 0.25) is 0 Å². The first-order valence-electron chi connectivity index (χ1n) is 9.60. The highest BCUT2D eigenvalue weighted by Gasteiger charge is 2.05. The zero-order valence-corrected chi connectivity index (χ0v) is 19.5. The summed E-state index contributed by atoms with van der Waals surface area (Å²) in [4.78, 5) is 4.32. The van der Waals surface area contributed by atoms with Crippen LogP contribution in [0.4, 0.5) is 0 Å². The molecule has 0 spiro atoms. The molecule has 7 heteroatoms. The second-order valence-corrected chi connectivity index (χ2v) is 6.51. The average molecular weight is 517 g/mol. The molecule has 3 aromatic rings. The fourth-order valence-corrected chi connectivity index (χ4v) is 2.94. The van der Waals surface area contributed by atoms with E-state index in [4.69, 9.17) is 4.74 Å². The summed E-state index contributed by atoms with van der Waals surface area (Å²) in [5, 5.41) is 11.0. The number of benzene rings is 2. The number of ether oxygens (including phenoxy) is 1. The van der Waals surface area contributed by atoms with Crippen molar-refractivity contribution in [2.24, 2.45) is 4.99 Å². The standard InChI is InChI=1S/C23H27N5O.HI/c1-3-14-29-22-11-5-4-10-21(22)17-26-23(24-2)25-16-19-8-6-9-20(15-19)18-28-13-7-12-27-28;/h3-13,15H,1,14,16-18H2,2H3,(H2,24,25,26);1H. The fourth-order valence-electron chi connectivity index (χ4n) is 2.94. The first kappa shape index (κ1) is 23.5. The third kappa shape index (κ3) is 7.22. The van der Waals surface area contributed by atoms with Gasteiger partial charge in [0.1, 0.15) is 12.4 Å². The molecule has 0 aliphatic rings. The summed E-state index contributed by atoms with van der Waals surface area (Å²) < 4.78 is 7.63. The van der Waals surface area contributed by atoms with Crippen molar-refractivity contribution in [2.45, 2.75) is 19.6 Å². The summed E-state index contributed by atoms with van der Waals surface area (Å²) >= 11 is 0. The van der Waals surface area contributed by atoms with E-state index in [1.54, 1.807) is 19.3 Å². The number of nitrogens with one attached hydrogen (secondary N) is 2. The van der Waals surface area contributed by atoms with E-state index in [0.29, 0.717) is 19.7 Å². The van der Waals surface area contributed by atoms with Crippen molar-refractivity contribution >= 4 is 29.9 Å². The van der Waals surface area contributed by atoms with Gasteiger partial charge >= 0.3 is 0 Å². The van der Waals surface area contributed by atoms with E-state index in [-0.39, 0.29) is 24.0 Å². The molecule has 1 heterocycles. The van der Waals surface area contributed by atoms with E-state index in [9.17, 15) is 0 Å². The molecule has 3 rings (SSSR count). The molecular formula is C23H28IN5O. The molecule has 30 heavy (non-hydrogen) atoms. The van der Waals surface area contributed by atoms with Gasteiger partial charge in [0.05, 0.1) is 6.54 Å². The summed E-state index contributed by atoms with van der Waals surface area (Å²) in [6.45, 7) is 6.24. The van der Waals surface area contributed by atoms with Crippen LogP contribution in [0.25, 0.3) is 0 Å². The molecule has 0 fully saturated rings. The summed E-state index contributed by atoms with van der Waals surface area (Å²) in [5.74, 6) is 1.59. The van der Waals surface area contributed by atoms with E-state index in [0.717, 1.165) is 23.8 Å². The number of rotatable bonds is 9. The van der Waals surface area contributed by atoms with Crippen molar-refractivity contribution in [2.75, 3.05) is 13.7 Å². The molecule has 158 valence electrons. The quantitative estimate of drug-likeness (QED) is 0.195. The third-order valence-electron chi connectivity index (χ3n) is 4.35. The van der Waals surface area contributed by atoms with Crippen LogP contribution in [0.5, 0.6) is 5.75 Å². The first-order valence-corrected chi connectivity index (χ1v) is 9.60. The number of hydrogen-bond acceptors (Lipinski definition) is 3. The van der Waals surface area contributed by atoms with Crippen LogP contribution in [0.3, 0.4) is 0 Å². The maximum Gasteiger partial charge on any atom is 0.191 e. The Morgan fingerprint density at radius 3 is 2.67 bits per heavy atom. The third-order valence-corrected chi connectivity index (χ3v) is 4.35. The van der Waals surface area contributed by atoms with Crippen molar-refractivity contribution in [1.82, 2.24) is 20.4 Å². The van der Waals surface area contributed by atoms with Gasteiger partial charge < -0.3 is 15.4 Å². The number of nitrogens with zero attached hydrogens (tertiary/aromatic N) is 3. The van der Waals surface area contributed by atoms with Crippen molar-refractivity contribution in [1.29, 1.82) is 0 Å². The molecule has 0 aliphatic heterocycles. The van der Waals surface area contributed by atoms with Crippen LogP contribution in [-0.2, 0) is 19.6 Å². The SMILES string of the molecule is C=CCOc1ccccc1CNC(=NC)NCc1cccc(Cn2cccn2)c1.I. The Hall–Kier alpha value is -2.81. The van der Waals surface area contributed by atoms with Crippen LogP contribution in [0, 0.1) is 0 Å². The molecule has 0 radical (unpaired) electrons. The molecule has 0 unspecified atom stereocenters.